The molecule has 5 rings (SSSR count). The molecule has 5 heteroatoms. The molecule has 5 nitrogen and oxygen atoms in total. The highest BCUT2D eigenvalue weighted by Gasteiger charge is 2.15. The van der Waals surface area contributed by atoms with Crippen LogP contribution in [0, 0.1) is 6.92 Å². The Labute approximate surface area is 204 Å². The van der Waals surface area contributed by atoms with Gasteiger partial charge in [-0.05, 0) is 50.1 Å². The molecule has 0 spiro atoms. The molecule has 5 aromatic rings. The first-order valence-corrected chi connectivity index (χ1v) is 11.6. The largest absolute Gasteiger partial charge is 0.493 e. The van der Waals surface area contributed by atoms with Crippen LogP contribution in [0.2, 0.25) is 0 Å². The number of hydrogen-bond donors (Lipinski definition) is 1. The Morgan fingerprint density at radius 1 is 1.09 bits per heavy atom. The van der Waals surface area contributed by atoms with Crippen molar-refractivity contribution in [1.29, 1.82) is 0 Å². The van der Waals surface area contributed by atoms with E-state index in [0.717, 1.165) is 44.1 Å². The number of amides is 1. The number of nitrogens with one attached hydrogen (secondary N) is 1. The first-order valence-electron chi connectivity index (χ1n) is 11.6. The maximum absolute atomic E-state index is 13.0. The normalized spacial score (nSPS) is 11.7. The highest BCUT2D eigenvalue weighted by molar-refractivity contribution is 6.08. The van der Waals surface area contributed by atoms with Gasteiger partial charge < -0.3 is 14.5 Å². The molecule has 0 unspecified atom stereocenters. The fourth-order valence-corrected chi connectivity index (χ4v) is 4.24. The number of furan rings is 1. The fourth-order valence-electron chi connectivity index (χ4n) is 4.24. The van der Waals surface area contributed by atoms with Gasteiger partial charge in [0.05, 0.1) is 24.1 Å². The molecule has 0 saturated carbocycles. The van der Waals surface area contributed by atoms with E-state index in [1.165, 1.54) is 5.56 Å². The number of para-hydroxylation sites is 1. The Morgan fingerprint density at radius 3 is 2.69 bits per heavy atom. The van der Waals surface area contributed by atoms with Crippen molar-refractivity contribution in [3.63, 3.8) is 0 Å². The molecule has 0 atom stereocenters. The van der Waals surface area contributed by atoms with Crippen LogP contribution in [-0.4, -0.2) is 17.5 Å². The highest BCUT2D eigenvalue weighted by Crippen LogP contribution is 2.37. The van der Waals surface area contributed by atoms with E-state index >= 15 is 0 Å². The van der Waals surface area contributed by atoms with E-state index in [-0.39, 0.29) is 5.91 Å². The van der Waals surface area contributed by atoms with Crippen LogP contribution in [0.1, 0.15) is 25.0 Å². The van der Waals surface area contributed by atoms with Crippen molar-refractivity contribution < 1.29 is 13.9 Å². The molecule has 0 aliphatic rings. The molecule has 2 heterocycles. The lowest BCUT2D eigenvalue weighted by molar-refractivity contribution is -0.111. The van der Waals surface area contributed by atoms with Gasteiger partial charge in [0.2, 0.25) is 5.91 Å². The van der Waals surface area contributed by atoms with Crippen LogP contribution in [0.4, 0.5) is 5.69 Å². The first kappa shape index (κ1) is 22.4. The lowest BCUT2D eigenvalue weighted by atomic mass is 9.98. The summed E-state index contributed by atoms with van der Waals surface area (Å²) in [6.07, 6.45) is 5.09. The SMILES string of the molecule is CCOc1cc2occ(-c3ccc(C)cc3)c2cc1/C(C)=C/C(=O)Nc1cccc2cccnc12. The molecular formula is C30H26N2O3. The Morgan fingerprint density at radius 2 is 1.89 bits per heavy atom. The predicted octanol–water partition coefficient (Wildman–Crippen LogP) is 7.40. The number of hydrogen-bond acceptors (Lipinski definition) is 4. The van der Waals surface area contributed by atoms with Gasteiger partial charge in [-0.2, -0.15) is 0 Å². The van der Waals surface area contributed by atoms with Gasteiger partial charge in [0.25, 0.3) is 0 Å². The standard InChI is InChI=1S/C30H26N2O3/c1-4-34-27-17-28-24(25(18-35-28)21-12-10-19(2)11-13-21)16-23(27)20(3)15-29(33)32-26-9-5-7-22-8-6-14-31-30(22)26/h5-18H,4H2,1-3H3,(H,32,33)/b20-15+. The van der Waals surface area contributed by atoms with E-state index in [4.69, 9.17) is 9.15 Å². The number of pyridine rings is 1. The number of rotatable bonds is 6. The molecular weight excluding hydrogens is 436 g/mol. The topological polar surface area (TPSA) is 64.4 Å². The summed E-state index contributed by atoms with van der Waals surface area (Å²) in [6, 6.07) is 21.9. The van der Waals surface area contributed by atoms with Gasteiger partial charge in [-0.25, -0.2) is 0 Å². The first-order chi connectivity index (χ1) is 17.0. The number of carbonyl (C=O) groups excluding carboxylic acids is 1. The summed E-state index contributed by atoms with van der Waals surface area (Å²) in [5, 5.41) is 4.92. The van der Waals surface area contributed by atoms with Crippen molar-refractivity contribution in [3.05, 3.63) is 96.4 Å². The van der Waals surface area contributed by atoms with Gasteiger partial charge in [-0.1, -0.05) is 48.0 Å². The number of ether oxygens (including phenoxy) is 1. The summed E-state index contributed by atoms with van der Waals surface area (Å²) in [6.45, 7) is 6.42. The van der Waals surface area contributed by atoms with Crippen molar-refractivity contribution in [2.75, 3.05) is 11.9 Å². The molecule has 174 valence electrons. The molecule has 3 aromatic carbocycles. The summed E-state index contributed by atoms with van der Waals surface area (Å²) in [5.74, 6) is 0.451. The summed E-state index contributed by atoms with van der Waals surface area (Å²) >= 11 is 0. The van der Waals surface area contributed by atoms with Crippen molar-refractivity contribution >= 4 is 39.0 Å². The minimum atomic E-state index is -0.228. The molecule has 35 heavy (non-hydrogen) atoms. The van der Waals surface area contributed by atoms with Crippen LogP contribution >= 0.6 is 0 Å². The van der Waals surface area contributed by atoms with Crippen molar-refractivity contribution in [3.8, 4) is 16.9 Å². The van der Waals surface area contributed by atoms with E-state index in [0.29, 0.717) is 18.0 Å². The smallest absolute Gasteiger partial charge is 0.248 e. The molecule has 0 saturated heterocycles. The predicted molar refractivity (Wildman–Crippen MR) is 142 cm³/mol. The van der Waals surface area contributed by atoms with E-state index in [1.54, 1.807) is 18.5 Å². The Hall–Kier alpha value is -4.38. The van der Waals surface area contributed by atoms with Gasteiger partial charge in [-0.15, -0.1) is 0 Å². The van der Waals surface area contributed by atoms with Gasteiger partial charge in [-0.3, -0.25) is 9.78 Å². The van der Waals surface area contributed by atoms with Crippen molar-refractivity contribution in [2.45, 2.75) is 20.8 Å². The average molecular weight is 463 g/mol. The second kappa shape index (κ2) is 9.47. The Balaban J connectivity index is 1.52. The van der Waals surface area contributed by atoms with Crippen molar-refractivity contribution in [2.24, 2.45) is 0 Å². The maximum atomic E-state index is 13.0. The number of fused-ring (bicyclic) bond motifs is 2. The Kier molecular flexibility index (Phi) is 6.06. The number of aryl methyl sites for hydroxylation is 1. The number of nitrogens with zero attached hydrogens (tertiary/aromatic N) is 1. The molecule has 2 aromatic heterocycles. The molecule has 0 bridgehead atoms. The monoisotopic (exact) mass is 462 g/mol. The van der Waals surface area contributed by atoms with Crippen LogP contribution in [0.3, 0.4) is 0 Å². The fraction of sp³-hybridized carbons (Fsp3) is 0.133. The van der Waals surface area contributed by atoms with E-state index < -0.39 is 0 Å². The van der Waals surface area contributed by atoms with Crippen LogP contribution in [-0.2, 0) is 4.79 Å². The highest BCUT2D eigenvalue weighted by atomic mass is 16.5. The van der Waals surface area contributed by atoms with Gasteiger partial charge >= 0.3 is 0 Å². The minimum absolute atomic E-state index is 0.228. The molecule has 1 amide bonds. The van der Waals surface area contributed by atoms with E-state index in [2.05, 4.69) is 41.5 Å². The van der Waals surface area contributed by atoms with Crippen molar-refractivity contribution in [1.82, 2.24) is 4.98 Å². The van der Waals surface area contributed by atoms with E-state index in [1.807, 2.05) is 56.3 Å². The zero-order valence-corrected chi connectivity index (χ0v) is 20.0. The zero-order chi connectivity index (χ0) is 24.4. The molecule has 0 radical (unpaired) electrons. The molecule has 0 aliphatic carbocycles. The minimum Gasteiger partial charge on any atom is -0.493 e. The average Bonchev–Trinajstić information content (AvgIpc) is 3.27. The summed E-state index contributed by atoms with van der Waals surface area (Å²) < 4.78 is 11.8. The van der Waals surface area contributed by atoms with Gasteiger partial charge in [0, 0.05) is 40.2 Å². The van der Waals surface area contributed by atoms with Crippen LogP contribution in [0.15, 0.2) is 89.7 Å². The summed E-state index contributed by atoms with van der Waals surface area (Å²) in [7, 11) is 0. The zero-order valence-electron chi connectivity index (χ0n) is 20.0. The van der Waals surface area contributed by atoms with Gasteiger partial charge in [0.15, 0.2) is 0 Å². The molecule has 0 fully saturated rings. The number of allylic oxidation sites excluding steroid dienone is 1. The third-order valence-corrected chi connectivity index (χ3v) is 6.00. The lowest BCUT2D eigenvalue weighted by Gasteiger charge is -2.12. The second-order valence-corrected chi connectivity index (χ2v) is 8.49. The second-order valence-electron chi connectivity index (χ2n) is 8.49. The van der Waals surface area contributed by atoms with Crippen LogP contribution in [0.25, 0.3) is 38.6 Å². The van der Waals surface area contributed by atoms with Crippen LogP contribution in [0.5, 0.6) is 5.75 Å². The molecule has 1 N–H and O–H groups in total. The Bertz CT molecular complexity index is 1560. The third kappa shape index (κ3) is 4.53. The lowest BCUT2D eigenvalue weighted by Crippen LogP contribution is -2.09. The third-order valence-electron chi connectivity index (χ3n) is 6.00. The molecule has 0 aliphatic heterocycles. The summed E-state index contributed by atoms with van der Waals surface area (Å²) in [5.41, 5.74) is 7.09. The quantitative estimate of drug-likeness (QED) is 0.267. The van der Waals surface area contributed by atoms with E-state index in [9.17, 15) is 4.79 Å². The van der Waals surface area contributed by atoms with Crippen LogP contribution < -0.4 is 10.1 Å². The number of aromatic nitrogens is 1. The van der Waals surface area contributed by atoms with Gasteiger partial charge in [0.1, 0.15) is 11.3 Å². The number of benzene rings is 3. The summed E-state index contributed by atoms with van der Waals surface area (Å²) in [4.78, 5) is 17.4. The number of carbonyl (C=O) groups is 1. The number of anilines is 1. The maximum Gasteiger partial charge on any atom is 0.248 e.